The van der Waals surface area contributed by atoms with Gasteiger partial charge in [-0.2, -0.15) is 0 Å². The Hall–Kier alpha value is -1.32. The third-order valence-electron chi connectivity index (χ3n) is 7.64. The van der Waals surface area contributed by atoms with E-state index in [2.05, 4.69) is 17.0 Å². The number of aromatic nitrogens is 1. The van der Waals surface area contributed by atoms with Crippen LogP contribution in [0.1, 0.15) is 81.3 Å². The van der Waals surface area contributed by atoms with Crippen molar-refractivity contribution in [2.24, 2.45) is 23.2 Å². The van der Waals surface area contributed by atoms with Gasteiger partial charge in [-0.05, 0) is 76.0 Å². The Morgan fingerprint density at radius 3 is 2.44 bits per heavy atom. The summed E-state index contributed by atoms with van der Waals surface area (Å²) >= 11 is 0. The average Bonchev–Trinajstić information content (AvgIpc) is 3.18. The number of rotatable bonds is 3. The van der Waals surface area contributed by atoms with Crippen LogP contribution in [0.3, 0.4) is 0 Å². The first-order chi connectivity index (χ1) is 12.1. The Morgan fingerprint density at radius 1 is 1.20 bits per heavy atom. The van der Waals surface area contributed by atoms with Gasteiger partial charge < -0.3 is 9.42 Å². The highest BCUT2D eigenvalue weighted by atomic mass is 16.5. The van der Waals surface area contributed by atoms with Crippen LogP contribution in [0.2, 0.25) is 0 Å². The Morgan fingerprint density at radius 2 is 1.84 bits per heavy atom. The van der Waals surface area contributed by atoms with Crippen LogP contribution in [0.4, 0.5) is 0 Å². The summed E-state index contributed by atoms with van der Waals surface area (Å²) in [6.45, 7) is 5.06. The van der Waals surface area contributed by atoms with E-state index in [1.165, 1.54) is 24.8 Å². The highest BCUT2D eigenvalue weighted by molar-refractivity contribution is 5.84. The lowest BCUT2D eigenvalue weighted by Gasteiger charge is -2.56. The minimum absolute atomic E-state index is 0.0329. The quantitative estimate of drug-likeness (QED) is 0.816. The van der Waals surface area contributed by atoms with Gasteiger partial charge in [0.15, 0.2) is 0 Å². The number of hydrogen-bond donors (Lipinski definition) is 0. The Bertz CT molecular complexity index is 657. The number of hydrogen-bond acceptors (Lipinski definition) is 3. The number of nitrogens with zero attached hydrogens (tertiary/aromatic N) is 2. The fourth-order valence-corrected chi connectivity index (χ4v) is 7.09. The lowest BCUT2D eigenvalue weighted by Crippen LogP contribution is -2.54. The van der Waals surface area contributed by atoms with E-state index in [1.54, 1.807) is 0 Å². The van der Waals surface area contributed by atoms with Crippen LogP contribution in [-0.2, 0) is 11.2 Å². The third-order valence-corrected chi connectivity index (χ3v) is 7.64. The van der Waals surface area contributed by atoms with E-state index in [4.69, 9.17) is 4.52 Å². The summed E-state index contributed by atoms with van der Waals surface area (Å²) in [6.07, 6.45) is 10.7. The summed E-state index contributed by atoms with van der Waals surface area (Å²) in [5, 5.41) is 4.21. The molecule has 0 radical (unpaired) electrons. The SMILES string of the molecule is CCc1onc(C)c1C1CCCN1C(=O)C12CC3CC(CC(C3)C1)C2. The zero-order chi connectivity index (χ0) is 17.2. The second-order valence-electron chi connectivity index (χ2n) is 9.31. The maximum atomic E-state index is 13.8. The Balaban J connectivity index is 1.46. The summed E-state index contributed by atoms with van der Waals surface area (Å²) in [6, 6.07) is 0.196. The number of aryl methyl sites for hydroxylation is 2. The minimum atomic E-state index is -0.0329. The predicted molar refractivity (Wildman–Crippen MR) is 94.9 cm³/mol. The number of amides is 1. The number of likely N-dealkylation sites (tertiary alicyclic amines) is 1. The molecule has 1 aliphatic heterocycles. The molecule has 4 heteroatoms. The highest BCUT2D eigenvalue weighted by Gasteiger charge is 2.56. The van der Waals surface area contributed by atoms with Gasteiger partial charge in [-0.15, -0.1) is 0 Å². The first-order valence-corrected chi connectivity index (χ1v) is 10.4. The van der Waals surface area contributed by atoms with Gasteiger partial charge in [-0.1, -0.05) is 12.1 Å². The first kappa shape index (κ1) is 15.9. The van der Waals surface area contributed by atoms with Crippen LogP contribution in [-0.4, -0.2) is 22.5 Å². The molecule has 0 N–H and O–H groups in total. The normalized spacial score (nSPS) is 39.4. The smallest absolute Gasteiger partial charge is 0.229 e. The average molecular weight is 342 g/mol. The summed E-state index contributed by atoms with van der Waals surface area (Å²) in [4.78, 5) is 16.0. The zero-order valence-corrected chi connectivity index (χ0v) is 15.6. The van der Waals surface area contributed by atoms with Crippen molar-refractivity contribution >= 4 is 5.91 Å². The molecule has 0 spiro atoms. The molecule has 5 aliphatic rings. The molecule has 4 bridgehead atoms. The molecule has 0 aromatic carbocycles. The van der Waals surface area contributed by atoms with E-state index < -0.39 is 0 Å². The van der Waals surface area contributed by atoms with Crippen LogP contribution >= 0.6 is 0 Å². The molecule has 5 fully saturated rings. The van der Waals surface area contributed by atoms with Crippen molar-refractivity contribution in [2.75, 3.05) is 6.54 Å². The first-order valence-electron chi connectivity index (χ1n) is 10.4. The molecule has 4 saturated carbocycles. The summed E-state index contributed by atoms with van der Waals surface area (Å²) in [7, 11) is 0. The third kappa shape index (κ3) is 2.32. The van der Waals surface area contributed by atoms with Crippen molar-refractivity contribution in [3.63, 3.8) is 0 Å². The number of carbonyl (C=O) groups is 1. The lowest BCUT2D eigenvalue weighted by atomic mass is 9.49. The van der Waals surface area contributed by atoms with Crippen LogP contribution < -0.4 is 0 Å². The molecule has 1 aromatic rings. The van der Waals surface area contributed by atoms with Gasteiger partial charge in [0.1, 0.15) is 5.76 Å². The Labute approximate surface area is 150 Å². The van der Waals surface area contributed by atoms with E-state index in [0.717, 1.165) is 74.3 Å². The van der Waals surface area contributed by atoms with E-state index in [1.807, 2.05) is 6.92 Å². The van der Waals surface area contributed by atoms with Gasteiger partial charge >= 0.3 is 0 Å². The molecule has 1 atom stereocenters. The van der Waals surface area contributed by atoms with E-state index in [-0.39, 0.29) is 11.5 Å². The molecule has 4 nitrogen and oxygen atoms in total. The monoisotopic (exact) mass is 342 g/mol. The van der Waals surface area contributed by atoms with Crippen LogP contribution in [0.25, 0.3) is 0 Å². The maximum Gasteiger partial charge on any atom is 0.229 e. The maximum absolute atomic E-state index is 13.8. The second-order valence-corrected chi connectivity index (χ2v) is 9.31. The summed E-state index contributed by atoms with van der Waals surface area (Å²) < 4.78 is 5.55. The van der Waals surface area contributed by atoms with Gasteiger partial charge in [0.2, 0.25) is 5.91 Å². The number of carbonyl (C=O) groups excluding carboxylic acids is 1. The summed E-state index contributed by atoms with van der Waals surface area (Å²) in [5.41, 5.74) is 2.15. The van der Waals surface area contributed by atoms with E-state index >= 15 is 0 Å². The Kier molecular flexibility index (Phi) is 3.55. The van der Waals surface area contributed by atoms with Crippen molar-refractivity contribution in [3.8, 4) is 0 Å². The topological polar surface area (TPSA) is 46.3 Å². The molecule has 1 unspecified atom stereocenters. The molecular formula is C21H30N2O2. The van der Waals surface area contributed by atoms with Crippen molar-refractivity contribution in [2.45, 2.75) is 77.7 Å². The van der Waals surface area contributed by atoms with Crippen molar-refractivity contribution < 1.29 is 9.32 Å². The molecule has 1 amide bonds. The van der Waals surface area contributed by atoms with Gasteiger partial charge in [-0.3, -0.25) is 4.79 Å². The van der Waals surface area contributed by atoms with Crippen LogP contribution in [0.15, 0.2) is 4.52 Å². The standard InChI is InChI=1S/C21H30N2O2/c1-3-18-19(13(2)22-25-18)17-5-4-6-23(17)20(24)21-10-14-7-15(11-21)9-16(8-14)12-21/h14-17H,3-12H2,1-2H3. The molecule has 2 heterocycles. The molecule has 136 valence electrons. The summed E-state index contributed by atoms with van der Waals surface area (Å²) in [5.74, 6) is 3.91. The van der Waals surface area contributed by atoms with Gasteiger partial charge in [0.05, 0.1) is 17.2 Å². The van der Waals surface area contributed by atoms with Crippen molar-refractivity contribution in [1.29, 1.82) is 0 Å². The highest BCUT2D eigenvalue weighted by Crippen LogP contribution is 2.61. The van der Waals surface area contributed by atoms with E-state index in [0.29, 0.717) is 5.91 Å². The van der Waals surface area contributed by atoms with Gasteiger partial charge in [-0.25, -0.2) is 0 Å². The molecule has 25 heavy (non-hydrogen) atoms. The van der Waals surface area contributed by atoms with Crippen LogP contribution in [0.5, 0.6) is 0 Å². The van der Waals surface area contributed by atoms with Gasteiger partial charge in [0.25, 0.3) is 0 Å². The lowest BCUT2D eigenvalue weighted by molar-refractivity contribution is -0.158. The zero-order valence-electron chi connectivity index (χ0n) is 15.6. The van der Waals surface area contributed by atoms with Crippen molar-refractivity contribution in [1.82, 2.24) is 10.1 Å². The largest absolute Gasteiger partial charge is 0.361 e. The predicted octanol–water partition coefficient (Wildman–Crippen LogP) is 4.43. The van der Waals surface area contributed by atoms with E-state index in [9.17, 15) is 4.79 Å². The molecular weight excluding hydrogens is 312 g/mol. The van der Waals surface area contributed by atoms with Crippen LogP contribution in [0, 0.1) is 30.1 Å². The van der Waals surface area contributed by atoms with Gasteiger partial charge in [0, 0.05) is 18.5 Å². The molecule has 1 saturated heterocycles. The fourth-order valence-electron chi connectivity index (χ4n) is 7.09. The minimum Gasteiger partial charge on any atom is -0.361 e. The van der Waals surface area contributed by atoms with Crippen molar-refractivity contribution in [3.05, 3.63) is 17.0 Å². The molecule has 6 rings (SSSR count). The molecule has 4 aliphatic carbocycles. The molecule has 1 aromatic heterocycles. The second kappa shape index (κ2) is 5.59. The fraction of sp³-hybridized carbons (Fsp3) is 0.810.